The topological polar surface area (TPSA) is 49.6 Å². The normalized spacial score (nSPS) is 9.94. The summed E-state index contributed by atoms with van der Waals surface area (Å²) in [6.07, 6.45) is 0. The summed E-state index contributed by atoms with van der Waals surface area (Å²) < 4.78 is 0. The van der Waals surface area contributed by atoms with Crippen LogP contribution in [0.1, 0.15) is 17.3 Å². The minimum absolute atomic E-state index is 0.0472. The van der Waals surface area contributed by atoms with Gasteiger partial charge in [-0.2, -0.15) is 0 Å². The molecule has 5 heteroatoms. The molecule has 0 aromatic heterocycles. The van der Waals surface area contributed by atoms with Gasteiger partial charge in [0.1, 0.15) is 0 Å². The first-order chi connectivity index (χ1) is 8.45. The molecule has 18 heavy (non-hydrogen) atoms. The second-order valence-corrected chi connectivity index (χ2v) is 4.75. The Bertz CT molecular complexity index is 446. The van der Waals surface area contributed by atoms with E-state index in [0.29, 0.717) is 23.6 Å². The van der Waals surface area contributed by atoms with E-state index >= 15 is 0 Å². The lowest BCUT2D eigenvalue weighted by Gasteiger charge is -2.21. The molecule has 0 heterocycles. The van der Waals surface area contributed by atoms with E-state index in [0.717, 1.165) is 5.69 Å². The molecule has 4 nitrogen and oxygen atoms in total. The van der Waals surface area contributed by atoms with Crippen molar-refractivity contribution in [2.45, 2.75) is 6.92 Å². The molecule has 0 spiro atoms. The van der Waals surface area contributed by atoms with Gasteiger partial charge >= 0.3 is 0 Å². The molecule has 0 aliphatic rings. The smallest absolute Gasteiger partial charge is 0.254 e. The van der Waals surface area contributed by atoms with E-state index in [4.69, 9.17) is 18.0 Å². The zero-order valence-electron chi connectivity index (χ0n) is 11.0. The summed E-state index contributed by atoms with van der Waals surface area (Å²) in [5, 5.41) is 0. The molecule has 98 valence electrons. The van der Waals surface area contributed by atoms with Crippen LogP contribution in [0.25, 0.3) is 0 Å². The predicted molar refractivity (Wildman–Crippen MR) is 79.1 cm³/mol. The van der Waals surface area contributed by atoms with E-state index in [1.807, 2.05) is 44.1 Å². The third-order valence-corrected chi connectivity index (χ3v) is 2.75. The lowest BCUT2D eigenvalue weighted by atomic mass is 10.1. The number of hydrogen-bond donors (Lipinski definition) is 1. The molecule has 1 rings (SSSR count). The van der Waals surface area contributed by atoms with Crippen molar-refractivity contribution in [3.8, 4) is 0 Å². The van der Waals surface area contributed by atoms with Crippen molar-refractivity contribution in [2.75, 3.05) is 32.1 Å². The molecule has 0 fully saturated rings. The van der Waals surface area contributed by atoms with Gasteiger partial charge in [0.15, 0.2) is 0 Å². The molecule has 1 aromatic carbocycles. The Balaban J connectivity index is 2.94. The fourth-order valence-electron chi connectivity index (χ4n) is 1.62. The zero-order valence-corrected chi connectivity index (χ0v) is 11.8. The first-order valence-corrected chi connectivity index (χ1v) is 6.21. The summed E-state index contributed by atoms with van der Waals surface area (Å²) in [6, 6.07) is 7.50. The number of benzene rings is 1. The van der Waals surface area contributed by atoms with Crippen LogP contribution in [-0.2, 0) is 0 Å². The second-order valence-electron chi connectivity index (χ2n) is 4.23. The van der Waals surface area contributed by atoms with Crippen LogP contribution < -0.4 is 10.6 Å². The van der Waals surface area contributed by atoms with E-state index in [1.54, 1.807) is 11.0 Å². The molecule has 0 bridgehead atoms. The summed E-state index contributed by atoms with van der Waals surface area (Å²) in [7, 11) is 3.88. The molecule has 0 aliphatic carbocycles. The number of amides is 1. The van der Waals surface area contributed by atoms with E-state index in [1.165, 1.54) is 0 Å². The lowest BCUT2D eigenvalue weighted by Crippen LogP contribution is -2.37. The quantitative estimate of drug-likeness (QED) is 0.820. The van der Waals surface area contributed by atoms with Gasteiger partial charge in [-0.05, 0) is 25.1 Å². The van der Waals surface area contributed by atoms with Crippen molar-refractivity contribution in [1.29, 1.82) is 0 Å². The van der Waals surface area contributed by atoms with Gasteiger partial charge in [0, 0.05) is 31.9 Å². The largest absolute Gasteiger partial charge is 0.392 e. The monoisotopic (exact) mass is 265 g/mol. The fraction of sp³-hybridized carbons (Fsp3) is 0.385. The Labute approximate surface area is 113 Å². The van der Waals surface area contributed by atoms with Crippen molar-refractivity contribution in [3.05, 3.63) is 29.8 Å². The van der Waals surface area contributed by atoms with E-state index < -0.39 is 0 Å². The van der Waals surface area contributed by atoms with Gasteiger partial charge in [-0.3, -0.25) is 4.79 Å². The highest BCUT2D eigenvalue weighted by molar-refractivity contribution is 7.80. The van der Waals surface area contributed by atoms with Gasteiger partial charge in [0.05, 0.1) is 11.5 Å². The third kappa shape index (κ3) is 3.70. The average molecular weight is 265 g/mol. The zero-order chi connectivity index (χ0) is 13.7. The number of nitrogens with zero attached hydrogens (tertiary/aromatic N) is 2. The first kappa shape index (κ1) is 14.4. The highest BCUT2D eigenvalue weighted by Crippen LogP contribution is 2.15. The molecule has 0 atom stereocenters. The molecular weight excluding hydrogens is 246 g/mol. The van der Waals surface area contributed by atoms with Crippen molar-refractivity contribution in [3.63, 3.8) is 0 Å². The van der Waals surface area contributed by atoms with Crippen molar-refractivity contribution in [2.24, 2.45) is 5.73 Å². The molecular formula is C13H19N3OS. The number of thiocarbonyl (C=S) groups is 1. The van der Waals surface area contributed by atoms with Crippen LogP contribution in [0.5, 0.6) is 0 Å². The van der Waals surface area contributed by atoms with E-state index in [-0.39, 0.29) is 5.91 Å². The Hall–Kier alpha value is -1.62. The fourth-order valence-corrected chi connectivity index (χ4v) is 1.77. The minimum Gasteiger partial charge on any atom is -0.392 e. The number of carbonyl (C=O) groups is 1. The molecule has 0 aliphatic heterocycles. The van der Waals surface area contributed by atoms with Gasteiger partial charge in [-0.25, -0.2) is 0 Å². The Morgan fingerprint density at radius 3 is 2.56 bits per heavy atom. The molecule has 0 radical (unpaired) electrons. The summed E-state index contributed by atoms with van der Waals surface area (Å²) in [4.78, 5) is 16.2. The number of carbonyl (C=O) groups excluding carboxylic acids is 1. The van der Waals surface area contributed by atoms with Crippen LogP contribution in [0.15, 0.2) is 24.3 Å². The van der Waals surface area contributed by atoms with Crippen molar-refractivity contribution >= 4 is 28.8 Å². The van der Waals surface area contributed by atoms with Crippen LogP contribution in [-0.4, -0.2) is 43.0 Å². The van der Waals surface area contributed by atoms with Gasteiger partial charge in [0.25, 0.3) is 5.91 Å². The average Bonchev–Trinajstić information content (AvgIpc) is 2.35. The molecule has 1 aromatic rings. The van der Waals surface area contributed by atoms with E-state index in [9.17, 15) is 4.79 Å². The number of likely N-dealkylation sites (N-methyl/N-ethyl adjacent to an activating group) is 1. The summed E-state index contributed by atoms with van der Waals surface area (Å²) in [5.41, 5.74) is 7.14. The number of nitrogens with two attached hydrogens (primary N) is 1. The first-order valence-electron chi connectivity index (χ1n) is 5.80. The third-order valence-electron chi connectivity index (χ3n) is 2.63. The van der Waals surface area contributed by atoms with Crippen LogP contribution in [0.4, 0.5) is 5.69 Å². The maximum Gasteiger partial charge on any atom is 0.254 e. The predicted octanol–water partition coefficient (Wildman–Crippen LogP) is 1.50. The second kappa shape index (κ2) is 6.35. The van der Waals surface area contributed by atoms with Gasteiger partial charge < -0.3 is 15.5 Å². The maximum absolute atomic E-state index is 12.3. The van der Waals surface area contributed by atoms with Crippen LogP contribution in [0, 0.1) is 0 Å². The summed E-state index contributed by atoms with van der Waals surface area (Å²) in [6.45, 7) is 2.81. The van der Waals surface area contributed by atoms with E-state index in [2.05, 4.69) is 0 Å². The summed E-state index contributed by atoms with van der Waals surface area (Å²) >= 11 is 4.85. The van der Waals surface area contributed by atoms with Crippen molar-refractivity contribution in [1.82, 2.24) is 4.90 Å². The molecule has 0 saturated heterocycles. The molecule has 0 unspecified atom stereocenters. The van der Waals surface area contributed by atoms with Crippen LogP contribution in [0.3, 0.4) is 0 Å². The van der Waals surface area contributed by atoms with Crippen LogP contribution in [0.2, 0.25) is 0 Å². The Morgan fingerprint density at radius 1 is 1.39 bits per heavy atom. The Morgan fingerprint density at radius 2 is 2.06 bits per heavy atom. The highest BCUT2D eigenvalue weighted by Gasteiger charge is 2.15. The Kier molecular flexibility index (Phi) is 5.09. The number of hydrogen-bond acceptors (Lipinski definition) is 3. The molecule has 2 N–H and O–H groups in total. The summed E-state index contributed by atoms with van der Waals surface area (Å²) in [5.74, 6) is -0.0472. The minimum atomic E-state index is -0.0472. The maximum atomic E-state index is 12.3. The number of rotatable bonds is 5. The highest BCUT2D eigenvalue weighted by atomic mass is 32.1. The van der Waals surface area contributed by atoms with Gasteiger partial charge in [0.2, 0.25) is 0 Å². The lowest BCUT2D eigenvalue weighted by molar-refractivity contribution is 0.0788. The van der Waals surface area contributed by atoms with Gasteiger partial charge in [-0.15, -0.1) is 0 Å². The SMILES string of the molecule is CCN(CC(N)=S)C(=O)c1cccc(N(C)C)c1. The molecule has 0 saturated carbocycles. The van der Waals surface area contributed by atoms with Crippen LogP contribution >= 0.6 is 12.2 Å². The standard InChI is InChI=1S/C13H19N3OS/c1-4-16(9-12(14)18)13(17)10-6-5-7-11(8-10)15(2)3/h5-8H,4,9H2,1-3H3,(H2,14,18). The van der Waals surface area contributed by atoms with Gasteiger partial charge in [-0.1, -0.05) is 18.3 Å². The molecule has 1 amide bonds. The number of anilines is 1. The van der Waals surface area contributed by atoms with Crippen molar-refractivity contribution < 1.29 is 4.79 Å².